The van der Waals surface area contributed by atoms with Crippen LogP contribution in [0.5, 0.6) is 5.75 Å². The van der Waals surface area contributed by atoms with Gasteiger partial charge in [0, 0.05) is 11.8 Å². The number of carbonyl (C=O) groups is 2. The minimum atomic E-state index is -1.07. The lowest BCUT2D eigenvalue weighted by atomic mass is 10.0. The van der Waals surface area contributed by atoms with E-state index in [1.807, 2.05) is 19.1 Å². The molecule has 0 spiro atoms. The molecule has 0 saturated carbocycles. The Labute approximate surface area is 177 Å². The van der Waals surface area contributed by atoms with Gasteiger partial charge in [-0.05, 0) is 36.8 Å². The van der Waals surface area contributed by atoms with Gasteiger partial charge < -0.3 is 10.1 Å². The maximum atomic E-state index is 13.7. The molecule has 1 aliphatic heterocycles. The summed E-state index contributed by atoms with van der Waals surface area (Å²) in [6.45, 7) is 1.90. The van der Waals surface area contributed by atoms with Crippen LogP contribution in [0.2, 0.25) is 0 Å². The minimum absolute atomic E-state index is 0.0363. The van der Waals surface area contributed by atoms with Crippen molar-refractivity contribution in [3.63, 3.8) is 0 Å². The van der Waals surface area contributed by atoms with Crippen molar-refractivity contribution in [1.82, 2.24) is 0 Å². The topological polar surface area (TPSA) is 58.6 Å². The molecule has 2 amide bonds. The van der Waals surface area contributed by atoms with Crippen LogP contribution in [-0.2, 0) is 9.59 Å². The highest BCUT2D eigenvalue weighted by Gasteiger charge is 2.41. The molecule has 7 heteroatoms. The molecule has 0 bridgehead atoms. The second-order valence-electron chi connectivity index (χ2n) is 6.99. The zero-order valence-corrected chi connectivity index (χ0v) is 16.8. The molecule has 0 radical (unpaired) electrons. The zero-order chi connectivity index (χ0) is 22.1. The summed E-state index contributed by atoms with van der Waals surface area (Å²) in [6, 6.07) is 16.9. The van der Waals surface area contributed by atoms with Gasteiger partial charge in [-0.3, -0.25) is 9.59 Å². The number of halogens is 2. The molecule has 0 saturated heterocycles. The maximum absolute atomic E-state index is 13.7. The molecular formula is C24H18F2N2O3. The molecule has 0 atom stereocenters. The first kappa shape index (κ1) is 20.3. The van der Waals surface area contributed by atoms with E-state index in [9.17, 15) is 18.4 Å². The van der Waals surface area contributed by atoms with Crippen molar-refractivity contribution in [2.24, 2.45) is 0 Å². The van der Waals surface area contributed by atoms with Crippen molar-refractivity contribution < 1.29 is 23.1 Å². The van der Waals surface area contributed by atoms with Gasteiger partial charge in [0.05, 0.1) is 18.4 Å². The first-order valence-electron chi connectivity index (χ1n) is 9.46. The van der Waals surface area contributed by atoms with Crippen molar-refractivity contribution in [2.45, 2.75) is 6.92 Å². The number of rotatable bonds is 5. The Bertz CT molecular complexity index is 1220. The number of nitrogens with one attached hydrogen (secondary N) is 1. The van der Waals surface area contributed by atoms with Crippen molar-refractivity contribution in [3.8, 4) is 5.75 Å². The van der Waals surface area contributed by atoms with E-state index in [-0.39, 0.29) is 22.6 Å². The van der Waals surface area contributed by atoms with Crippen molar-refractivity contribution in [3.05, 3.63) is 95.2 Å². The molecule has 3 aromatic rings. The van der Waals surface area contributed by atoms with Gasteiger partial charge >= 0.3 is 0 Å². The first-order valence-corrected chi connectivity index (χ1v) is 9.46. The van der Waals surface area contributed by atoms with Gasteiger partial charge in [-0.25, -0.2) is 13.7 Å². The summed E-state index contributed by atoms with van der Waals surface area (Å²) < 4.78 is 32.4. The number of benzene rings is 3. The van der Waals surface area contributed by atoms with Gasteiger partial charge in [-0.2, -0.15) is 0 Å². The number of para-hydroxylation sites is 2. The molecule has 156 valence electrons. The highest BCUT2D eigenvalue weighted by atomic mass is 19.2. The average Bonchev–Trinajstić information content (AvgIpc) is 3.01. The van der Waals surface area contributed by atoms with E-state index in [1.165, 1.54) is 13.2 Å². The molecule has 0 fully saturated rings. The molecule has 0 unspecified atom stereocenters. The average molecular weight is 420 g/mol. The summed E-state index contributed by atoms with van der Waals surface area (Å²) in [5.74, 6) is -2.91. The largest absolute Gasteiger partial charge is 0.495 e. The van der Waals surface area contributed by atoms with Crippen LogP contribution in [-0.4, -0.2) is 18.9 Å². The van der Waals surface area contributed by atoms with Crippen molar-refractivity contribution in [2.75, 3.05) is 17.3 Å². The Morgan fingerprint density at radius 2 is 1.58 bits per heavy atom. The molecule has 1 aliphatic rings. The first-order chi connectivity index (χ1) is 14.9. The van der Waals surface area contributed by atoms with Gasteiger partial charge in [0.2, 0.25) is 0 Å². The van der Waals surface area contributed by atoms with Crippen LogP contribution in [0.1, 0.15) is 11.1 Å². The molecule has 31 heavy (non-hydrogen) atoms. The van der Waals surface area contributed by atoms with E-state index < -0.39 is 23.4 Å². The number of ether oxygens (including phenoxy) is 1. The second kappa shape index (κ2) is 8.02. The lowest BCUT2D eigenvalue weighted by Gasteiger charge is -2.18. The number of hydrogen-bond donors (Lipinski definition) is 1. The van der Waals surface area contributed by atoms with E-state index in [0.29, 0.717) is 11.3 Å². The second-order valence-corrected chi connectivity index (χ2v) is 6.99. The Hall–Kier alpha value is -4.00. The summed E-state index contributed by atoms with van der Waals surface area (Å²) in [4.78, 5) is 27.8. The normalized spacial score (nSPS) is 13.7. The lowest BCUT2D eigenvalue weighted by Crippen LogP contribution is -2.32. The monoisotopic (exact) mass is 420 g/mol. The summed E-state index contributed by atoms with van der Waals surface area (Å²) >= 11 is 0. The molecular weight excluding hydrogens is 402 g/mol. The molecule has 0 aliphatic carbocycles. The molecule has 4 rings (SSSR count). The van der Waals surface area contributed by atoms with Gasteiger partial charge in [-0.15, -0.1) is 0 Å². The fourth-order valence-electron chi connectivity index (χ4n) is 3.39. The Morgan fingerprint density at radius 3 is 2.26 bits per heavy atom. The third-order valence-electron chi connectivity index (χ3n) is 4.94. The summed E-state index contributed by atoms with van der Waals surface area (Å²) in [6.07, 6.45) is 0. The number of hydrogen-bond acceptors (Lipinski definition) is 4. The number of amides is 2. The van der Waals surface area contributed by atoms with E-state index in [1.54, 1.807) is 36.4 Å². The number of carbonyl (C=O) groups excluding carboxylic acids is 2. The quantitative estimate of drug-likeness (QED) is 0.609. The fourth-order valence-corrected chi connectivity index (χ4v) is 3.39. The predicted octanol–water partition coefficient (Wildman–Crippen LogP) is 4.68. The fraction of sp³-hybridized carbons (Fsp3) is 0.0833. The summed E-state index contributed by atoms with van der Waals surface area (Å²) in [5, 5.41) is 2.81. The van der Waals surface area contributed by atoms with E-state index in [2.05, 4.69) is 5.32 Å². The summed E-state index contributed by atoms with van der Waals surface area (Å²) in [7, 11) is 1.44. The van der Waals surface area contributed by atoms with Crippen LogP contribution >= 0.6 is 0 Å². The SMILES string of the molecule is COc1ccccc1N1C(=O)C(Nc2ccc(F)c(F)c2)=C(c2ccc(C)cc2)C1=O. The third kappa shape index (κ3) is 3.66. The number of nitrogens with zero attached hydrogens (tertiary/aromatic N) is 1. The van der Waals surface area contributed by atoms with Crippen molar-refractivity contribution in [1.29, 1.82) is 0 Å². The van der Waals surface area contributed by atoms with E-state index in [0.717, 1.165) is 22.6 Å². The van der Waals surface area contributed by atoms with Gasteiger partial charge in [0.1, 0.15) is 11.4 Å². The van der Waals surface area contributed by atoms with E-state index >= 15 is 0 Å². The predicted molar refractivity (Wildman–Crippen MR) is 114 cm³/mol. The minimum Gasteiger partial charge on any atom is -0.495 e. The highest BCUT2D eigenvalue weighted by Crippen LogP contribution is 2.37. The van der Waals surface area contributed by atoms with Gasteiger partial charge in [0.15, 0.2) is 11.6 Å². The molecule has 0 aromatic heterocycles. The molecule has 1 heterocycles. The Balaban J connectivity index is 1.84. The van der Waals surface area contributed by atoms with Gasteiger partial charge in [-0.1, -0.05) is 42.0 Å². The standard InChI is InChI=1S/C24H18F2N2O3/c1-14-7-9-15(10-8-14)21-22(27-16-11-12-17(25)18(26)13-16)24(30)28(23(21)29)19-5-3-4-6-20(19)31-2/h3-13,27H,1-2H3. The zero-order valence-electron chi connectivity index (χ0n) is 16.8. The van der Waals surface area contributed by atoms with Crippen LogP contribution in [0.25, 0.3) is 5.57 Å². The summed E-state index contributed by atoms with van der Waals surface area (Å²) in [5.41, 5.74) is 2.02. The number of methoxy groups -OCH3 is 1. The highest BCUT2D eigenvalue weighted by molar-refractivity contribution is 6.46. The Morgan fingerprint density at radius 1 is 0.871 bits per heavy atom. The molecule has 3 aromatic carbocycles. The number of anilines is 2. The molecule has 1 N–H and O–H groups in total. The maximum Gasteiger partial charge on any atom is 0.282 e. The molecule has 5 nitrogen and oxygen atoms in total. The Kier molecular flexibility index (Phi) is 5.25. The number of aryl methyl sites for hydroxylation is 1. The smallest absolute Gasteiger partial charge is 0.282 e. The van der Waals surface area contributed by atoms with Crippen LogP contribution < -0.4 is 15.0 Å². The van der Waals surface area contributed by atoms with Crippen LogP contribution in [0.3, 0.4) is 0 Å². The van der Waals surface area contributed by atoms with E-state index in [4.69, 9.17) is 4.74 Å². The lowest BCUT2D eigenvalue weighted by molar-refractivity contribution is -0.120. The van der Waals surface area contributed by atoms with Crippen LogP contribution in [0.4, 0.5) is 20.2 Å². The third-order valence-corrected chi connectivity index (χ3v) is 4.94. The van der Waals surface area contributed by atoms with Gasteiger partial charge in [0.25, 0.3) is 11.8 Å². The number of imide groups is 1. The van der Waals surface area contributed by atoms with Crippen molar-refractivity contribution >= 4 is 28.8 Å². The van der Waals surface area contributed by atoms with Crippen LogP contribution in [0.15, 0.2) is 72.4 Å². The van der Waals surface area contributed by atoms with Crippen LogP contribution in [0, 0.1) is 18.6 Å².